The highest BCUT2D eigenvalue weighted by atomic mass is 16.2. The van der Waals surface area contributed by atoms with Crippen LogP contribution in [0.3, 0.4) is 0 Å². The van der Waals surface area contributed by atoms with E-state index in [1.54, 1.807) is 4.68 Å². The molecule has 0 bridgehead atoms. The van der Waals surface area contributed by atoms with E-state index in [1.807, 2.05) is 24.4 Å². The Morgan fingerprint density at radius 3 is 2.90 bits per heavy atom. The first kappa shape index (κ1) is 13.8. The second-order valence-electron chi connectivity index (χ2n) is 5.50. The van der Waals surface area contributed by atoms with Gasteiger partial charge < -0.3 is 5.32 Å². The van der Waals surface area contributed by atoms with E-state index >= 15 is 0 Å². The molecule has 1 aromatic heterocycles. The van der Waals surface area contributed by atoms with Gasteiger partial charge in [-0.15, -0.1) is 5.10 Å². The van der Waals surface area contributed by atoms with Gasteiger partial charge in [0.2, 0.25) is 5.91 Å². The lowest BCUT2D eigenvalue weighted by Crippen LogP contribution is -2.23. The van der Waals surface area contributed by atoms with Crippen LogP contribution in [0.1, 0.15) is 43.0 Å². The maximum Gasteiger partial charge on any atom is 0.245 e. The number of hydrogen-bond acceptors (Lipinski definition) is 3. The van der Waals surface area contributed by atoms with Crippen LogP contribution in [0, 0.1) is 0 Å². The highest BCUT2D eigenvalue weighted by Crippen LogP contribution is 2.32. The average Bonchev–Trinajstić information content (AvgIpc) is 3.12. The van der Waals surface area contributed by atoms with Crippen molar-refractivity contribution in [1.29, 1.82) is 0 Å². The molecule has 5 heteroatoms. The number of aromatic nitrogens is 3. The monoisotopic (exact) mass is 284 g/mol. The summed E-state index contributed by atoms with van der Waals surface area (Å²) < 4.78 is 1.73. The van der Waals surface area contributed by atoms with Gasteiger partial charge in [-0.1, -0.05) is 48.9 Å². The summed E-state index contributed by atoms with van der Waals surface area (Å²) in [6.07, 6.45) is 5.06. The number of benzene rings is 1. The molecule has 1 aliphatic rings. The molecule has 2 aromatic rings. The van der Waals surface area contributed by atoms with Crippen molar-refractivity contribution < 1.29 is 4.79 Å². The normalized spacial score (nSPS) is 21.5. The van der Waals surface area contributed by atoms with Crippen molar-refractivity contribution in [3.63, 3.8) is 0 Å². The van der Waals surface area contributed by atoms with Gasteiger partial charge >= 0.3 is 0 Å². The predicted molar refractivity (Wildman–Crippen MR) is 79.9 cm³/mol. The minimum atomic E-state index is -0.296. The van der Waals surface area contributed by atoms with Crippen molar-refractivity contribution in [1.82, 2.24) is 20.3 Å². The van der Waals surface area contributed by atoms with Gasteiger partial charge in [0.15, 0.2) is 0 Å². The molecule has 1 aromatic carbocycles. The molecule has 1 N–H and O–H groups in total. The van der Waals surface area contributed by atoms with E-state index in [0.717, 1.165) is 30.5 Å². The fourth-order valence-electron chi connectivity index (χ4n) is 2.84. The lowest BCUT2D eigenvalue weighted by atomic mass is 9.94. The maximum absolute atomic E-state index is 12.2. The zero-order valence-electron chi connectivity index (χ0n) is 12.2. The minimum absolute atomic E-state index is 0.0239. The van der Waals surface area contributed by atoms with Crippen molar-refractivity contribution >= 4 is 5.91 Å². The molecule has 5 nitrogen and oxygen atoms in total. The van der Waals surface area contributed by atoms with E-state index in [1.165, 1.54) is 0 Å². The van der Waals surface area contributed by atoms with E-state index in [4.69, 9.17) is 0 Å². The number of amides is 1. The summed E-state index contributed by atoms with van der Waals surface area (Å²) >= 11 is 0. The van der Waals surface area contributed by atoms with Gasteiger partial charge in [-0.3, -0.25) is 4.79 Å². The summed E-state index contributed by atoms with van der Waals surface area (Å²) in [7, 11) is 0. The molecule has 1 amide bonds. The highest BCUT2D eigenvalue weighted by molar-refractivity contribution is 5.84. The number of unbranched alkanes of at least 4 members (excludes halogenated alkanes) is 1. The summed E-state index contributed by atoms with van der Waals surface area (Å²) in [5.41, 5.74) is 2.12. The Bertz CT molecular complexity index is 608. The molecule has 0 aliphatic carbocycles. The Balaban J connectivity index is 1.84. The average molecular weight is 284 g/mol. The third kappa shape index (κ3) is 2.82. The van der Waals surface area contributed by atoms with Crippen LogP contribution in [0.15, 0.2) is 36.5 Å². The van der Waals surface area contributed by atoms with Crippen LogP contribution in [0.4, 0.5) is 0 Å². The van der Waals surface area contributed by atoms with E-state index in [9.17, 15) is 4.79 Å². The van der Waals surface area contributed by atoms with Crippen LogP contribution in [0.5, 0.6) is 0 Å². The largest absolute Gasteiger partial charge is 0.354 e. The molecule has 0 unspecified atom stereocenters. The fourth-order valence-corrected chi connectivity index (χ4v) is 2.84. The Morgan fingerprint density at radius 1 is 1.33 bits per heavy atom. The Hall–Kier alpha value is -2.17. The standard InChI is InChI=1S/C16H20N4O/c1-2-3-9-13-11-20(19-18-13)15-14(10-17-16(15)21)12-7-5-4-6-8-12/h4-8,11,14-15H,2-3,9-10H2,1H3,(H,17,21)/t14-,15-/m0/s1. The third-order valence-corrected chi connectivity index (χ3v) is 4.00. The van der Waals surface area contributed by atoms with Crippen molar-refractivity contribution in [3.05, 3.63) is 47.8 Å². The van der Waals surface area contributed by atoms with Crippen molar-refractivity contribution in [2.45, 2.75) is 38.1 Å². The van der Waals surface area contributed by atoms with Gasteiger partial charge in [0.1, 0.15) is 6.04 Å². The lowest BCUT2D eigenvalue weighted by molar-refractivity contribution is -0.122. The Morgan fingerprint density at radius 2 is 2.14 bits per heavy atom. The molecule has 3 rings (SSSR count). The predicted octanol–water partition coefficient (Wildman–Crippen LogP) is 2.08. The quantitative estimate of drug-likeness (QED) is 0.914. The van der Waals surface area contributed by atoms with Gasteiger partial charge in [0, 0.05) is 18.7 Å². The summed E-state index contributed by atoms with van der Waals surface area (Å²) in [4.78, 5) is 12.2. The second kappa shape index (κ2) is 6.08. The van der Waals surface area contributed by atoms with Crippen LogP contribution < -0.4 is 5.32 Å². The first-order valence-electron chi connectivity index (χ1n) is 7.53. The molecule has 2 atom stereocenters. The van der Waals surface area contributed by atoms with Gasteiger partial charge in [-0.2, -0.15) is 0 Å². The molecule has 1 saturated heterocycles. The first-order valence-corrected chi connectivity index (χ1v) is 7.53. The number of nitrogens with zero attached hydrogens (tertiary/aromatic N) is 3. The molecule has 0 spiro atoms. The first-order chi connectivity index (χ1) is 10.3. The van der Waals surface area contributed by atoms with E-state index in [0.29, 0.717) is 6.54 Å². The Kier molecular flexibility index (Phi) is 3.99. The second-order valence-corrected chi connectivity index (χ2v) is 5.50. The number of rotatable bonds is 5. The molecule has 0 radical (unpaired) electrons. The summed E-state index contributed by atoms with van der Waals surface area (Å²) in [5.74, 6) is 0.134. The molecule has 1 aliphatic heterocycles. The van der Waals surface area contributed by atoms with Crippen molar-refractivity contribution in [3.8, 4) is 0 Å². The zero-order valence-corrected chi connectivity index (χ0v) is 12.2. The Labute approximate surface area is 124 Å². The number of aryl methyl sites for hydroxylation is 1. The fraction of sp³-hybridized carbons (Fsp3) is 0.438. The summed E-state index contributed by atoms with van der Waals surface area (Å²) in [6, 6.07) is 9.82. The van der Waals surface area contributed by atoms with Crippen LogP contribution >= 0.6 is 0 Å². The molecular weight excluding hydrogens is 264 g/mol. The summed E-state index contributed by atoms with van der Waals surface area (Å²) in [5, 5.41) is 11.3. The molecule has 2 heterocycles. The molecule has 1 fully saturated rings. The summed E-state index contributed by atoms with van der Waals surface area (Å²) in [6.45, 7) is 2.80. The third-order valence-electron chi connectivity index (χ3n) is 4.00. The number of hydrogen-bond donors (Lipinski definition) is 1. The van der Waals surface area contributed by atoms with E-state index in [2.05, 4.69) is 34.7 Å². The molecule has 110 valence electrons. The van der Waals surface area contributed by atoms with Crippen LogP contribution in [-0.4, -0.2) is 27.4 Å². The van der Waals surface area contributed by atoms with Crippen molar-refractivity contribution in [2.24, 2.45) is 0 Å². The van der Waals surface area contributed by atoms with Crippen LogP contribution in [0.25, 0.3) is 0 Å². The van der Waals surface area contributed by atoms with Gasteiger partial charge in [0.25, 0.3) is 0 Å². The van der Waals surface area contributed by atoms with Crippen LogP contribution in [0.2, 0.25) is 0 Å². The number of nitrogens with one attached hydrogen (secondary N) is 1. The highest BCUT2D eigenvalue weighted by Gasteiger charge is 2.37. The van der Waals surface area contributed by atoms with Crippen molar-refractivity contribution in [2.75, 3.05) is 6.54 Å². The van der Waals surface area contributed by atoms with E-state index < -0.39 is 0 Å². The number of carbonyl (C=O) groups is 1. The van der Waals surface area contributed by atoms with Crippen LogP contribution in [-0.2, 0) is 11.2 Å². The molecular formula is C16H20N4O. The zero-order chi connectivity index (χ0) is 14.7. The maximum atomic E-state index is 12.2. The topological polar surface area (TPSA) is 59.8 Å². The SMILES string of the molecule is CCCCc1cn([C@@H]2C(=O)NC[C@H]2c2ccccc2)nn1. The lowest BCUT2D eigenvalue weighted by Gasteiger charge is -2.16. The van der Waals surface area contributed by atoms with E-state index in [-0.39, 0.29) is 17.9 Å². The molecule has 21 heavy (non-hydrogen) atoms. The smallest absolute Gasteiger partial charge is 0.245 e. The number of carbonyl (C=O) groups excluding carboxylic acids is 1. The molecule has 0 saturated carbocycles. The van der Waals surface area contributed by atoms with Gasteiger partial charge in [0.05, 0.1) is 5.69 Å². The minimum Gasteiger partial charge on any atom is -0.354 e. The van der Waals surface area contributed by atoms with Gasteiger partial charge in [-0.05, 0) is 18.4 Å². The van der Waals surface area contributed by atoms with Gasteiger partial charge in [-0.25, -0.2) is 4.68 Å².